The summed E-state index contributed by atoms with van der Waals surface area (Å²) in [6.45, 7) is 12.9. The standard InChI is InChI=1S/C48H37BN4O2.Pt/c1-28-22-30(3)46(31(4)23-28)52-39-19-17-34(48-51-38-12-7-8-15-43(38)55-48)26-36(39)49-37-27-35(54-44-16-9-10-21-50-44)18-20-40(37)53(42-14-11-13-41(52)45(42)49)47-32(5)24-29(2)25-33(47)6;/h7-25H,1-6H3;/q-2;+2. The molecule has 10 rings (SSSR count). The molecule has 274 valence electrons. The fourth-order valence-electron chi connectivity index (χ4n) is 8.96. The Morgan fingerprint density at radius 3 is 1.80 bits per heavy atom. The van der Waals surface area contributed by atoms with Crippen LogP contribution in [0.2, 0.25) is 0 Å². The number of ether oxygens (including phenoxy) is 1. The minimum atomic E-state index is -0.238. The summed E-state index contributed by atoms with van der Waals surface area (Å²) in [7, 11) is 0. The molecule has 0 aliphatic carbocycles. The minimum absolute atomic E-state index is 0. The van der Waals surface area contributed by atoms with Crippen molar-refractivity contribution in [1.29, 1.82) is 0 Å². The zero-order chi connectivity index (χ0) is 37.5. The molecule has 4 heterocycles. The zero-order valence-corrected chi connectivity index (χ0v) is 34.2. The molecule has 0 radical (unpaired) electrons. The molecule has 0 saturated carbocycles. The second-order valence-electron chi connectivity index (χ2n) is 14.9. The summed E-state index contributed by atoms with van der Waals surface area (Å²) >= 11 is 0. The van der Waals surface area contributed by atoms with Crippen molar-refractivity contribution in [1.82, 2.24) is 9.97 Å². The summed E-state index contributed by atoms with van der Waals surface area (Å²) < 4.78 is 12.7. The van der Waals surface area contributed by atoms with Crippen molar-refractivity contribution in [2.75, 3.05) is 9.80 Å². The molecule has 6 aromatic carbocycles. The summed E-state index contributed by atoms with van der Waals surface area (Å²) in [5, 5.41) is 0. The van der Waals surface area contributed by atoms with Crippen molar-refractivity contribution < 1.29 is 30.2 Å². The molecule has 0 unspecified atom stereocenters. The molecule has 0 N–H and O–H groups in total. The maximum atomic E-state index is 6.39. The number of aryl methyl sites for hydroxylation is 6. The Morgan fingerprint density at radius 2 is 1.20 bits per heavy atom. The summed E-state index contributed by atoms with van der Waals surface area (Å²) in [5.74, 6) is 1.65. The van der Waals surface area contributed by atoms with E-state index in [2.05, 4.69) is 129 Å². The van der Waals surface area contributed by atoms with Gasteiger partial charge in [0.25, 0.3) is 0 Å². The van der Waals surface area contributed by atoms with Crippen LogP contribution in [0.5, 0.6) is 11.6 Å². The number of benzene rings is 6. The van der Waals surface area contributed by atoms with Gasteiger partial charge in [-0.05, 0) is 105 Å². The average Bonchev–Trinajstić information content (AvgIpc) is 3.61. The van der Waals surface area contributed by atoms with Crippen LogP contribution in [0.3, 0.4) is 0 Å². The van der Waals surface area contributed by atoms with Crippen LogP contribution >= 0.6 is 0 Å². The quantitative estimate of drug-likeness (QED) is 0.127. The molecular weight excluding hydrogens is 870 g/mol. The van der Waals surface area contributed by atoms with Gasteiger partial charge in [-0.1, -0.05) is 70.9 Å². The number of aromatic nitrogens is 2. The number of fused-ring (bicyclic) bond motifs is 5. The Hall–Kier alpha value is -5.91. The van der Waals surface area contributed by atoms with E-state index in [0.29, 0.717) is 17.5 Å². The number of hydrogen-bond donors (Lipinski definition) is 0. The molecular formula is C48H37BN4O2Pt. The first-order valence-electron chi connectivity index (χ1n) is 18.7. The molecule has 0 fully saturated rings. The predicted molar refractivity (Wildman–Crippen MR) is 224 cm³/mol. The van der Waals surface area contributed by atoms with Gasteiger partial charge in [-0.2, -0.15) is 5.46 Å². The number of pyridine rings is 1. The van der Waals surface area contributed by atoms with Crippen molar-refractivity contribution in [3.05, 3.63) is 161 Å². The molecule has 6 nitrogen and oxygen atoms in total. The van der Waals surface area contributed by atoms with Gasteiger partial charge in [0, 0.05) is 40.8 Å². The van der Waals surface area contributed by atoms with E-state index in [1.54, 1.807) is 6.20 Å². The van der Waals surface area contributed by atoms with Crippen LogP contribution in [0, 0.1) is 53.7 Å². The molecule has 0 bridgehead atoms. The van der Waals surface area contributed by atoms with Crippen LogP contribution < -0.4 is 30.9 Å². The fraction of sp³-hybridized carbons (Fsp3) is 0.125. The Kier molecular flexibility index (Phi) is 8.74. The van der Waals surface area contributed by atoms with E-state index in [1.807, 2.05) is 48.5 Å². The number of para-hydroxylation sites is 2. The van der Waals surface area contributed by atoms with Gasteiger partial charge < -0.3 is 19.0 Å². The van der Waals surface area contributed by atoms with Gasteiger partial charge in [0.15, 0.2) is 0 Å². The van der Waals surface area contributed by atoms with Crippen LogP contribution in [0.25, 0.3) is 22.6 Å². The van der Waals surface area contributed by atoms with Crippen molar-refractivity contribution in [2.45, 2.75) is 41.5 Å². The maximum absolute atomic E-state index is 6.39. The summed E-state index contributed by atoms with van der Waals surface area (Å²) in [5.41, 5.74) is 19.5. The molecule has 8 aromatic rings. The second-order valence-corrected chi connectivity index (χ2v) is 14.9. The summed E-state index contributed by atoms with van der Waals surface area (Å²) in [6.07, 6.45) is 1.74. The molecule has 2 aliphatic rings. The molecule has 2 aromatic heterocycles. The Morgan fingerprint density at radius 1 is 0.607 bits per heavy atom. The maximum Gasteiger partial charge on any atom is 2.00 e. The first kappa shape index (κ1) is 35.8. The van der Waals surface area contributed by atoms with Crippen molar-refractivity contribution in [3.8, 4) is 23.1 Å². The Bertz CT molecular complexity index is 2760. The van der Waals surface area contributed by atoms with E-state index in [4.69, 9.17) is 14.1 Å². The number of hydrogen-bond acceptors (Lipinski definition) is 6. The van der Waals surface area contributed by atoms with E-state index in [1.165, 1.54) is 38.8 Å². The first-order valence-corrected chi connectivity index (χ1v) is 18.7. The zero-order valence-electron chi connectivity index (χ0n) is 32.0. The molecule has 0 atom stereocenters. The van der Waals surface area contributed by atoms with Gasteiger partial charge in [0.2, 0.25) is 12.6 Å². The average molecular weight is 908 g/mol. The molecule has 2 aliphatic heterocycles. The smallest absolute Gasteiger partial charge is 0.481 e. The van der Waals surface area contributed by atoms with Gasteiger partial charge in [-0.15, -0.1) is 41.9 Å². The number of anilines is 6. The van der Waals surface area contributed by atoms with Crippen molar-refractivity contribution in [3.63, 3.8) is 0 Å². The SMILES string of the molecule is Cc1cc(C)c(N2c3ccc(Oc4ccccn4)[c-]c3B3c4[c-]c(-c5nc6ccccc6o5)ccc4N(c4c(C)cc(C)cc4C)c4cccc2c43)c(C)c1.[Pt+2]. The van der Waals surface area contributed by atoms with Crippen molar-refractivity contribution >= 4 is 68.3 Å². The van der Waals surface area contributed by atoms with Crippen LogP contribution in [-0.4, -0.2) is 16.7 Å². The van der Waals surface area contributed by atoms with Crippen LogP contribution in [-0.2, 0) is 21.1 Å². The molecule has 8 heteroatoms. The largest absolute Gasteiger partial charge is 2.00 e. The van der Waals surface area contributed by atoms with E-state index < -0.39 is 0 Å². The van der Waals surface area contributed by atoms with Crippen LogP contribution in [0.1, 0.15) is 33.4 Å². The number of nitrogens with zero attached hydrogens (tertiary/aromatic N) is 4. The molecule has 0 spiro atoms. The van der Waals surface area contributed by atoms with E-state index >= 15 is 0 Å². The summed E-state index contributed by atoms with van der Waals surface area (Å²) in [6, 6.07) is 45.5. The van der Waals surface area contributed by atoms with Crippen LogP contribution in [0.4, 0.5) is 34.1 Å². The minimum Gasteiger partial charge on any atom is -0.481 e. The molecule has 56 heavy (non-hydrogen) atoms. The van der Waals surface area contributed by atoms with Gasteiger partial charge in [-0.3, -0.25) is 4.98 Å². The third-order valence-electron chi connectivity index (χ3n) is 10.9. The van der Waals surface area contributed by atoms with Crippen LogP contribution in [0.15, 0.2) is 120 Å². The normalized spacial score (nSPS) is 12.6. The van der Waals surface area contributed by atoms with Gasteiger partial charge in [0.05, 0.1) is 5.52 Å². The molecule has 0 saturated heterocycles. The number of oxazole rings is 1. The third-order valence-corrected chi connectivity index (χ3v) is 10.9. The van der Waals surface area contributed by atoms with Gasteiger partial charge in [0.1, 0.15) is 11.5 Å². The molecule has 0 amide bonds. The topological polar surface area (TPSA) is 54.6 Å². The second kappa shape index (κ2) is 13.7. The van der Waals surface area contributed by atoms with Gasteiger partial charge in [-0.25, -0.2) is 4.98 Å². The third kappa shape index (κ3) is 5.68. The predicted octanol–water partition coefficient (Wildman–Crippen LogP) is 10.2. The van der Waals surface area contributed by atoms with Crippen molar-refractivity contribution in [2.24, 2.45) is 0 Å². The van der Waals surface area contributed by atoms with Gasteiger partial charge >= 0.3 is 21.1 Å². The Labute approximate surface area is 342 Å². The van der Waals surface area contributed by atoms with E-state index in [0.717, 1.165) is 61.7 Å². The Balaban J connectivity index is 0.00000410. The van der Waals surface area contributed by atoms with E-state index in [-0.39, 0.29) is 27.8 Å². The monoisotopic (exact) mass is 907 g/mol. The fourth-order valence-corrected chi connectivity index (χ4v) is 8.96. The summed E-state index contributed by atoms with van der Waals surface area (Å²) in [4.78, 5) is 14.2. The number of rotatable bonds is 5. The van der Waals surface area contributed by atoms with E-state index in [9.17, 15) is 0 Å². The first-order chi connectivity index (χ1) is 26.7.